The van der Waals surface area contributed by atoms with E-state index in [1.807, 2.05) is 0 Å². The van der Waals surface area contributed by atoms with Gasteiger partial charge in [-0.3, -0.25) is 4.79 Å². The van der Waals surface area contributed by atoms with Gasteiger partial charge in [-0.25, -0.2) is 4.98 Å². The molecule has 0 radical (unpaired) electrons. The summed E-state index contributed by atoms with van der Waals surface area (Å²) in [4.78, 5) is 14.2. The molecule has 1 aromatic heterocycles. The molecule has 0 fully saturated rings. The third-order valence-corrected chi connectivity index (χ3v) is 1.41. The molecule has 0 unspecified atom stereocenters. The van der Waals surface area contributed by atoms with Crippen molar-refractivity contribution in [2.45, 2.75) is 13.4 Å². The van der Waals surface area contributed by atoms with E-state index in [1.165, 1.54) is 6.92 Å². The van der Waals surface area contributed by atoms with Crippen molar-refractivity contribution in [1.29, 1.82) is 0 Å². The zero-order valence-corrected chi connectivity index (χ0v) is 6.88. The predicted octanol–water partition coefficient (Wildman–Crippen LogP) is 1.47. The molecule has 13 heavy (non-hydrogen) atoms. The van der Waals surface area contributed by atoms with E-state index in [2.05, 4.69) is 4.98 Å². The van der Waals surface area contributed by atoms with Crippen molar-refractivity contribution < 1.29 is 17.7 Å². The molecule has 0 aliphatic carbocycles. The van der Waals surface area contributed by atoms with E-state index < -0.39 is 13.4 Å². The van der Waals surface area contributed by atoms with Gasteiger partial charge in [0, 0.05) is 13.1 Å². The predicted molar refractivity (Wildman–Crippen MR) is 41.3 cm³/mol. The van der Waals surface area contributed by atoms with Crippen LogP contribution in [0.4, 0.5) is 12.9 Å². The molecule has 1 aromatic rings. The van der Waals surface area contributed by atoms with Gasteiger partial charge in [-0.1, -0.05) is 0 Å². The lowest BCUT2D eigenvalue weighted by Gasteiger charge is -2.13. The van der Waals surface area contributed by atoms with Crippen LogP contribution >= 0.6 is 0 Å². The van der Waals surface area contributed by atoms with Gasteiger partial charge in [0.1, 0.15) is 5.69 Å². The SMILES string of the molecule is CC(=O)c1cn(C[B-](F)(F)F)cn1. The molecule has 0 amide bonds. The zero-order valence-electron chi connectivity index (χ0n) is 6.88. The summed E-state index contributed by atoms with van der Waals surface area (Å²) in [5.41, 5.74) is 0.0556. The molecule has 0 aliphatic heterocycles. The molecule has 7 heteroatoms. The summed E-state index contributed by atoms with van der Waals surface area (Å²) in [6.07, 6.45) is 1.05. The van der Waals surface area contributed by atoms with Crippen molar-refractivity contribution >= 4 is 12.8 Å². The normalized spacial score (nSPS) is 11.7. The lowest BCUT2D eigenvalue weighted by molar-refractivity contribution is 0.101. The first-order valence-electron chi connectivity index (χ1n) is 3.62. The van der Waals surface area contributed by atoms with Gasteiger partial charge in [0.05, 0.1) is 6.33 Å². The fourth-order valence-electron chi connectivity index (χ4n) is 0.881. The van der Waals surface area contributed by atoms with Crippen LogP contribution in [0.25, 0.3) is 0 Å². The van der Waals surface area contributed by atoms with Gasteiger partial charge < -0.3 is 17.5 Å². The molecule has 72 valence electrons. The number of rotatable bonds is 3. The van der Waals surface area contributed by atoms with E-state index in [9.17, 15) is 17.7 Å². The maximum Gasteiger partial charge on any atom is 0.497 e. The van der Waals surface area contributed by atoms with Crippen LogP contribution in [-0.2, 0) is 6.44 Å². The highest BCUT2D eigenvalue weighted by Gasteiger charge is 2.23. The number of aromatic nitrogens is 2. The topological polar surface area (TPSA) is 34.9 Å². The third-order valence-electron chi connectivity index (χ3n) is 1.41. The Balaban J connectivity index is 2.75. The van der Waals surface area contributed by atoms with Gasteiger partial charge in [-0.05, 0) is 6.44 Å². The smallest absolute Gasteiger partial charge is 0.448 e. The Hall–Kier alpha value is -1.27. The number of nitrogens with zero attached hydrogens (tertiary/aromatic N) is 2. The van der Waals surface area contributed by atoms with Crippen LogP contribution in [0.5, 0.6) is 0 Å². The van der Waals surface area contributed by atoms with Gasteiger partial charge in [0.15, 0.2) is 5.78 Å². The molecular weight excluding hydrogens is 184 g/mol. The first-order chi connectivity index (χ1) is 5.88. The number of hydrogen-bond acceptors (Lipinski definition) is 2. The number of carbonyl (C=O) groups is 1. The van der Waals surface area contributed by atoms with E-state index in [4.69, 9.17) is 0 Å². The average Bonchev–Trinajstić information content (AvgIpc) is 2.31. The Kier molecular flexibility index (Phi) is 2.44. The first-order valence-corrected chi connectivity index (χ1v) is 3.62. The quantitative estimate of drug-likeness (QED) is 0.535. The average molecular weight is 191 g/mol. The molecule has 3 nitrogen and oxygen atoms in total. The van der Waals surface area contributed by atoms with Crippen molar-refractivity contribution in [3.05, 3.63) is 18.2 Å². The second-order valence-electron chi connectivity index (χ2n) is 2.72. The number of imidazole rings is 1. The van der Waals surface area contributed by atoms with Crippen LogP contribution in [0, 0.1) is 0 Å². The van der Waals surface area contributed by atoms with Gasteiger partial charge in [0.25, 0.3) is 0 Å². The van der Waals surface area contributed by atoms with E-state index in [0.29, 0.717) is 0 Å². The Morgan fingerprint density at radius 3 is 2.62 bits per heavy atom. The van der Waals surface area contributed by atoms with Crippen molar-refractivity contribution in [1.82, 2.24) is 9.55 Å². The molecule has 1 heterocycles. The minimum Gasteiger partial charge on any atom is -0.448 e. The number of hydrogen-bond donors (Lipinski definition) is 0. The molecule has 0 aromatic carbocycles. The van der Waals surface area contributed by atoms with Crippen LogP contribution in [-0.4, -0.2) is 22.3 Å². The monoisotopic (exact) mass is 191 g/mol. The van der Waals surface area contributed by atoms with E-state index in [0.717, 1.165) is 17.1 Å². The summed E-state index contributed by atoms with van der Waals surface area (Å²) >= 11 is 0. The summed E-state index contributed by atoms with van der Waals surface area (Å²) in [6.45, 7) is -3.62. The maximum absolute atomic E-state index is 11.9. The fourth-order valence-corrected chi connectivity index (χ4v) is 0.881. The van der Waals surface area contributed by atoms with Crippen LogP contribution in [0.1, 0.15) is 17.4 Å². The van der Waals surface area contributed by atoms with Crippen molar-refractivity contribution in [2.75, 3.05) is 0 Å². The minimum absolute atomic E-state index is 0.0556. The Morgan fingerprint density at radius 1 is 1.62 bits per heavy atom. The molecular formula is C6H7BF3N2O-. The molecule has 0 bridgehead atoms. The lowest BCUT2D eigenvalue weighted by Crippen LogP contribution is -2.23. The molecule has 1 rings (SSSR count). The highest BCUT2D eigenvalue weighted by atomic mass is 19.4. The number of halogens is 3. The summed E-state index contributed by atoms with van der Waals surface area (Å²) in [7, 11) is 0. The first kappa shape index (κ1) is 9.82. The van der Waals surface area contributed by atoms with Crippen LogP contribution < -0.4 is 0 Å². The van der Waals surface area contributed by atoms with E-state index in [-0.39, 0.29) is 11.5 Å². The number of carbonyl (C=O) groups excluding carboxylic acids is 1. The Morgan fingerprint density at radius 2 is 2.23 bits per heavy atom. The summed E-state index contributed by atoms with van der Waals surface area (Å²) in [6, 6.07) is 0. The van der Waals surface area contributed by atoms with Crippen molar-refractivity contribution in [3.63, 3.8) is 0 Å². The van der Waals surface area contributed by atoms with Crippen molar-refractivity contribution in [3.8, 4) is 0 Å². The molecule has 0 spiro atoms. The second kappa shape index (κ2) is 3.23. The summed E-state index contributed by atoms with van der Waals surface area (Å²) in [5.74, 6) is -0.339. The molecule has 0 N–H and O–H groups in total. The fraction of sp³-hybridized carbons (Fsp3) is 0.333. The van der Waals surface area contributed by atoms with Crippen molar-refractivity contribution in [2.24, 2.45) is 0 Å². The standard InChI is InChI=1S/C6H7BF3N2O/c1-5(13)6-2-12(4-11-6)3-7(8,9)10/h2,4H,3H2,1H3/q-1. The van der Waals surface area contributed by atoms with Gasteiger partial charge in [-0.2, -0.15) is 0 Å². The second-order valence-corrected chi connectivity index (χ2v) is 2.72. The zero-order chi connectivity index (χ0) is 10.1. The van der Waals surface area contributed by atoms with E-state index in [1.54, 1.807) is 0 Å². The largest absolute Gasteiger partial charge is 0.497 e. The lowest BCUT2D eigenvalue weighted by atomic mass is 9.92. The highest BCUT2D eigenvalue weighted by Crippen LogP contribution is 2.11. The van der Waals surface area contributed by atoms with Crippen LogP contribution in [0.3, 0.4) is 0 Å². The number of ketones is 1. The van der Waals surface area contributed by atoms with Gasteiger partial charge >= 0.3 is 6.98 Å². The summed E-state index contributed by atoms with van der Waals surface area (Å²) in [5, 5.41) is 0. The van der Waals surface area contributed by atoms with E-state index >= 15 is 0 Å². The minimum atomic E-state index is -4.88. The Labute approximate surface area is 72.6 Å². The number of Topliss-reactive ketones (excluding diaryl/α,β-unsaturated/α-hetero) is 1. The summed E-state index contributed by atoms with van der Waals surface area (Å²) < 4.78 is 36.5. The third kappa shape index (κ3) is 2.92. The maximum atomic E-state index is 11.9. The molecule has 0 saturated carbocycles. The molecule has 0 aliphatic rings. The highest BCUT2D eigenvalue weighted by molar-refractivity contribution is 6.57. The molecule has 0 saturated heterocycles. The van der Waals surface area contributed by atoms with Gasteiger partial charge in [-0.15, -0.1) is 0 Å². The van der Waals surface area contributed by atoms with Crippen LogP contribution in [0.2, 0.25) is 0 Å². The Bertz CT molecular complexity index is 320. The molecule has 0 atom stereocenters. The van der Waals surface area contributed by atoms with Gasteiger partial charge in [0.2, 0.25) is 0 Å². The van der Waals surface area contributed by atoms with Crippen LogP contribution in [0.15, 0.2) is 12.5 Å².